The molecule has 0 aliphatic carbocycles. The maximum Gasteiger partial charge on any atom is 0.277 e. The Hall–Kier alpha value is -2.27. The van der Waals surface area contributed by atoms with Gasteiger partial charge in [0.25, 0.3) is 5.22 Å². The predicted octanol–water partition coefficient (Wildman–Crippen LogP) is 1.57. The van der Waals surface area contributed by atoms with Gasteiger partial charge in [0, 0.05) is 13.0 Å². The summed E-state index contributed by atoms with van der Waals surface area (Å²) < 4.78 is 39.3. The van der Waals surface area contributed by atoms with Gasteiger partial charge in [0.2, 0.25) is 18.6 Å². The van der Waals surface area contributed by atoms with Crippen molar-refractivity contribution in [2.45, 2.75) is 36.8 Å². The van der Waals surface area contributed by atoms with Gasteiger partial charge < -0.3 is 19.2 Å². The van der Waals surface area contributed by atoms with Crippen LogP contribution >= 0.6 is 11.8 Å². The fraction of sp³-hybridized carbons (Fsp3) is 0.500. The first-order chi connectivity index (χ1) is 13.9. The van der Waals surface area contributed by atoms with Gasteiger partial charge >= 0.3 is 0 Å². The van der Waals surface area contributed by atoms with E-state index in [2.05, 4.69) is 15.5 Å². The van der Waals surface area contributed by atoms with E-state index in [9.17, 15) is 13.2 Å². The highest BCUT2D eigenvalue weighted by molar-refractivity contribution is 8.00. The predicted molar refractivity (Wildman–Crippen MR) is 104 cm³/mol. The van der Waals surface area contributed by atoms with Crippen LogP contribution in [0.1, 0.15) is 24.8 Å². The van der Waals surface area contributed by atoms with Crippen molar-refractivity contribution in [3.8, 4) is 11.5 Å². The van der Waals surface area contributed by atoms with Crippen molar-refractivity contribution in [1.29, 1.82) is 0 Å². The Kier molecular flexibility index (Phi) is 5.68. The van der Waals surface area contributed by atoms with Crippen molar-refractivity contribution < 1.29 is 27.1 Å². The largest absolute Gasteiger partial charge is 0.454 e. The number of thioether (sulfide) groups is 1. The van der Waals surface area contributed by atoms with E-state index in [1.165, 1.54) is 11.8 Å². The molecule has 1 aromatic heterocycles. The summed E-state index contributed by atoms with van der Waals surface area (Å²) in [6.45, 7) is 2.33. The summed E-state index contributed by atoms with van der Waals surface area (Å²) in [5, 5.41) is 10.7. The Morgan fingerprint density at radius 2 is 2.14 bits per heavy atom. The van der Waals surface area contributed by atoms with Gasteiger partial charge in [0.05, 0.1) is 16.8 Å². The Morgan fingerprint density at radius 3 is 2.93 bits per heavy atom. The minimum Gasteiger partial charge on any atom is -0.454 e. The number of rotatable bonds is 7. The molecule has 29 heavy (non-hydrogen) atoms. The molecule has 1 aromatic carbocycles. The number of hydrogen-bond acceptors (Lipinski definition) is 9. The standard InChI is InChI=1S/C18H21N3O6S2/c1-11(17(22)19-8-12-2-3-14-15(6-12)26-10-25-14)28-18-21-20-16(27-18)7-13-4-5-29(23,24)9-13/h2-3,6,11,13H,4-5,7-10H2,1H3,(H,19,22)/t11-,13+/m0/s1. The van der Waals surface area contributed by atoms with Crippen LogP contribution in [0.5, 0.6) is 11.5 Å². The molecule has 2 aliphatic rings. The van der Waals surface area contributed by atoms with Crippen LogP contribution in [0.15, 0.2) is 27.8 Å². The molecule has 156 valence electrons. The monoisotopic (exact) mass is 439 g/mol. The van der Waals surface area contributed by atoms with Gasteiger partial charge in [-0.3, -0.25) is 4.79 Å². The Labute approximate surface area is 172 Å². The van der Waals surface area contributed by atoms with Crippen molar-refractivity contribution in [3.05, 3.63) is 29.7 Å². The first-order valence-electron chi connectivity index (χ1n) is 9.24. The van der Waals surface area contributed by atoms with Gasteiger partial charge in [-0.2, -0.15) is 0 Å². The molecule has 1 amide bonds. The van der Waals surface area contributed by atoms with E-state index in [4.69, 9.17) is 13.9 Å². The van der Waals surface area contributed by atoms with Crippen LogP contribution in [0.4, 0.5) is 0 Å². The Balaban J connectivity index is 1.26. The van der Waals surface area contributed by atoms with Crippen LogP contribution < -0.4 is 14.8 Å². The van der Waals surface area contributed by atoms with Gasteiger partial charge in [-0.15, -0.1) is 10.2 Å². The molecule has 0 unspecified atom stereocenters. The Morgan fingerprint density at radius 1 is 1.31 bits per heavy atom. The lowest BCUT2D eigenvalue weighted by Crippen LogP contribution is -2.30. The van der Waals surface area contributed by atoms with Crippen LogP contribution in [-0.2, 0) is 27.6 Å². The topological polar surface area (TPSA) is 121 Å². The number of nitrogens with one attached hydrogen (secondary N) is 1. The number of ether oxygens (including phenoxy) is 2. The number of amides is 1. The fourth-order valence-electron chi connectivity index (χ4n) is 3.24. The summed E-state index contributed by atoms with van der Waals surface area (Å²) >= 11 is 1.17. The number of carbonyl (C=O) groups excluding carboxylic acids is 1. The van der Waals surface area contributed by atoms with E-state index >= 15 is 0 Å². The van der Waals surface area contributed by atoms with Gasteiger partial charge in [0.15, 0.2) is 21.3 Å². The maximum atomic E-state index is 12.4. The van der Waals surface area contributed by atoms with Gasteiger partial charge in [0.1, 0.15) is 0 Å². The molecule has 2 aliphatic heterocycles. The van der Waals surface area contributed by atoms with Crippen LogP contribution in [0.2, 0.25) is 0 Å². The first-order valence-corrected chi connectivity index (χ1v) is 11.9. The second kappa shape index (κ2) is 8.23. The lowest BCUT2D eigenvalue weighted by molar-refractivity contribution is -0.120. The lowest BCUT2D eigenvalue weighted by Gasteiger charge is -2.10. The van der Waals surface area contributed by atoms with E-state index in [-0.39, 0.29) is 30.1 Å². The summed E-state index contributed by atoms with van der Waals surface area (Å²) in [6, 6.07) is 5.53. The normalized spacial score (nSPS) is 20.5. The van der Waals surface area contributed by atoms with E-state index in [1.54, 1.807) is 6.92 Å². The molecule has 1 N–H and O–H groups in total. The molecule has 9 nitrogen and oxygen atoms in total. The molecule has 2 atom stereocenters. The van der Waals surface area contributed by atoms with Crippen LogP contribution in [0.3, 0.4) is 0 Å². The Bertz CT molecular complexity index is 1010. The second-order valence-electron chi connectivity index (χ2n) is 7.10. The van der Waals surface area contributed by atoms with Crippen molar-refractivity contribution in [3.63, 3.8) is 0 Å². The minimum absolute atomic E-state index is 0.0146. The van der Waals surface area contributed by atoms with Crippen LogP contribution in [-0.4, -0.2) is 48.1 Å². The molecule has 3 heterocycles. The van der Waals surface area contributed by atoms with Crippen LogP contribution in [0, 0.1) is 5.92 Å². The van der Waals surface area contributed by atoms with Gasteiger partial charge in [-0.1, -0.05) is 17.8 Å². The molecule has 0 bridgehead atoms. The quantitative estimate of drug-likeness (QED) is 0.641. The zero-order chi connectivity index (χ0) is 20.4. The number of aromatic nitrogens is 2. The fourth-order valence-corrected chi connectivity index (χ4v) is 5.82. The molecule has 11 heteroatoms. The summed E-state index contributed by atoms with van der Waals surface area (Å²) in [6.07, 6.45) is 1.06. The molecule has 0 radical (unpaired) electrons. The van der Waals surface area contributed by atoms with E-state index in [0.717, 1.165) is 5.56 Å². The average Bonchev–Trinajstić information content (AvgIpc) is 3.39. The van der Waals surface area contributed by atoms with Crippen molar-refractivity contribution in [2.75, 3.05) is 18.3 Å². The summed E-state index contributed by atoms with van der Waals surface area (Å²) in [5.74, 6) is 2.02. The average molecular weight is 440 g/mol. The minimum atomic E-state index is -2.93. The summed E-state index contributed by atoms with van der Waals surface area (Å²) in [7, 11) is -2.93. The van der Waals surface area contributed by atoms with Gasteiger partial charge in [-0.05, 0) is 37.0 Å². The van der Waals surface area contributed by atoms with Crippen LogP contribution in [0.25, 0.3) is 0 Å². The SMILES string of the molecule is C[C@H](Sc1nnc(C[C@H]2CCS(=O)(=O)C2)o1)C(=O)NCc1ccc2c(c1)OCO2. The molecular formula is C18H21N3O6S2. The molecule has 1 saturated heterocycles. The van der Waals surface area contributed by atoms with Gasteiger partial charge in [-0.25, -0.2) is 8.42 Å². The van der Waals surface area contributed by atoms with Crippen molar-refractivity contribution in [1.82, 2.24) is 15.5 Å². The second-order valence-corrected chi connectivity index (χ2v) is 10.6. The number of nitrogens with zero attached hydrogens (tertiary/aromatic N) is 2. The van der Waals surface area contributed by atoms with Crippen molar-refractivity contribution >= 4 is 27.5 Å². The summed E-state index contributed by atoms with van der Waals surface area (Å²) in [4.78, 5) is 12.4. The third kappa shape index (κ3) is 5.02. The number of benzene rings is 1. The molecular weight excluding hydrogens is 418 g/mol. The lowest BCUT2D eigenvalue weighted by atomic mass is 10.1. The highest BCUT2D eigenvalue weighted by Crippen LogP contribution is 2.32. The van der Waals surface area contributed by atoms with E-state index in [0.29, 0.717) is 42.0 Å². The van der Waals surface area contributed by atoms with E-state index in [1.807, 2.05) is 18.2 Å². The molecule has 1 fully saturated rings. The summed E-state index contributed by atoms with van der Waals surface area (Å²) in [5.41, 5.74) is 0.909. The number of sulfone groups is 1. The zero-order valence-corrected chi connectivity index (χ0v) is 17.4. The number of fused-ring (bicyclic) bond motifs is 1. The zero-order valence-electron chi connectivity index (χ0n) is 15.8. The highest BCUT2D eigenvalue weighted by atomic mass is 32.2. The first kappa shape index (κ1) is 20.0. The maximum absolute atomic E-state index is 12.4. The third-order valence-electron chi connectivity index (χ3n) is 4.79. The molecule has 0 saturated carbocycles. The van der Waals surface area contributed by atoms with Crippen molar-refractivity contribution in [2.24, 2.45) is 5.92 Å². The third-order valence-corrected chi connectivity index (χ3v) is 7.56. The van der Waals surface area contributed by atoms with E-state index < -0.39 is 15.1 Å². The molecule has 4 rings (SSSR count). The smallest absolute Gasteiger partial charge is 0.277 e. The molecule has 2 aromatic rings. The number of carbonyl (C=O) groups is 1. The number of hydrogen-bond donors (Lipinski definition) is 1. The molecule has 0 spiro atoms. The highest BCUT2D eigenvalue weighted by Gasteiger charge is 2.29.